The highest BCUT2D eigenvalue weighted by atomic mass is 19.3. The molecule has 0 unspecified atom stereocenters. The van der Waals surface area contributed by atoms with Crippen LogP contribution in [0.2, 0.25) is 0 Å². The Morgan fingerprint density at radius 1 is 1.00 bits per heavy atom. The van der Waals surface area contributed by atoms with E-state index in [1.807, 2.05) is 0 Å². The number of carbonyl (C=O) groups is 1. The van der Waals surface area contributed by atoms with Crippen molar-refractivity contribution in [3.05, 3.63) is 59.7 Å². The first-order valence-electron chi connectivity index (χ1n) is 8.00. The first kappa shape index (κ1) is 21.1. The van der Waals surface area contributed by atoms with Crippen LogP contribution >= 0.6 is 0 Å². The van der Waals surface area contributed by atoms with Gasteiger partial charge in [-0.25, -0.2) is 0 Å². The first-order valence-corrected chi connectivity index (χ1v) is 8.00. The molecule has 0 aromatic heterocycles. The van der Waals surface area contributed by atoms with E-state index < -0.39 is 19.1 Å². The van der Waals surface area contributed by atoms with E-state index >= 15 is 0 Å². The number of hydrogen-bond donors (Lipinski definition) is 1. The number of amides is 1. The predicted molar refractivity (Wildman–Crippen MR) is 93.6 cm³/mol. The average Bonchev–Trinajstić information content (AvgIpc) is 2.65. The molecule has 28 heavy (non-hydrogen) atoms. The molecule has 9 heteroatoms. The lowest BCUT2D eigenvalue weighted by atomic mass is 10.2. The maximum absolute atomic E-state index is 12.3. The number of nitrogens with one attached hydrogen (secondary N) is 1. The lowest BCUT2D eigenvalue weighted by molar-refractivity contribution is -0.116. The number of halogens is 4. The van der Waals surface area contributed by atoms with Crippen LogP contribution in [0.4, 0.5) is 17.6 Å². The van der Waals surface area contributed by atoms with Gasteiger partial charge in [0.15, 0.2) is 11.5 Å². The Kier molecular flexibility index (Phi) is 7.67. The summed E-state index contributed by atoms with van der Waals surface area (Å²) in [6.45, 7) is -5.69. The maximum atomic E-state index is 12.3. The van der Waals surface area contributed by atoms with E-state index in [-0.39, 0.29) is 23.8 Å². The lowest BCUT2D eigenvalue weighted by Crippen LogP contribution is -2.20. The Labute approximate surface area is 158 Å². The van der Waals surface area contributed by atoms with Gasteiger partial charge < -0.3 is 19.5 Å². The number of benzene rings is 2. The molecule has 2 aromatic rings. The summed E-state index contributed by atoms with van der Waals surface area (Å²) in [6.07, 6.45) is 2.74. The molecule has 0 fully saturated rings. The number of carbonyl (C=O) groups excluding carboxylic acids is 1. The van der Waals surface area contributed by atoms with E-state index in [0.717, 1.165) is 0 Å². The normalized spacial score (nSPS) is 11.1. The van der Waals surface area contributed by atoms with Gasteiger partial charge in [-0.05, 0) is 41.5 Å². The number of ether oxygens (including phenoxy) is 3. The molecule has 0 saturated carbocycles. The quantitative estimate of drug-likeness (QED) is 0.507. The highest BCUT2D eigenvalue weighted by molar-refractivity contribution is 5.91. The SMILES string of the molecule is COc1cc(/C=C/C(=O)NCc2ccc(OC(F)F)cc2)ccc1OC(F)F. The van der Waals surface area contributed by atoms with Crippen molar-refractivity contribution < 1.29 is 36.6 Å². The molecule has 0 heterocycles. The molecular formula is C19H17F4NO4. The van der Waals surface area contributed by atoms with Crippen LogP contribution < -0.4 is 19.5 Å². The van der Waals surface area contributed by atoms with Gasteiger partial charge in [0.1, 0.15) is 5.75 Å². The molecule has 0 aliphatic carbocycles. The molecule has 1 amide bonds. The minimum atomic E-state index is -2.97. The number of alkyl halides is 4. The Bertz CT molecular complexity index is 810. The molecule has 0 spiro atoms. The summed E-state index contributed by atoms with van der Waals surface area (Å²) in [5.74, 6) is -0.384. The molecule has 2 aromatic carbocycles. The second-order valence-corrected chi connectivity index (χ2v) is 5.36. The summed E-state index contributed by atoms with van der Waals surface area (Å²) < 4.78 is 62.3. The van der Waals surface area contributed by atoms with Crippen LogP contribution in [0, 0.1) is 0 Å². The van der Waals surface area contributed by atoms with Crippen LogP contribution in [0.5, 0.6) is 17.2 Å². The number of hydrogen-bond acceptors (Lipinski definition) is 4. The fourth-order valence-electron chi connectivity index (χ4n) is 2.19. The Balaban J connectivity index is 1.91. The molecular weight excluding hydrogens is 382 g/mol. The van der Waals surface area contributed by atoms with Crippen molar-refractivity contribution in [1.29, 1.82) is 0 Å². The Hall–Kier alpha value is -3.23. The van der Waals surface area contributed by atoms with Crippen molar-refractivity contribution in [2.75, 3.05) is 7.11 Å². The molecule has 0 bridgehead atoms. The Morgan fingerprint density at radius 2 is 1.68 bits per heavy atom. The lowest BCUT2D eigenvalue weighted by Gasteiger charge is -2.10. The summed E-state index contributed by atoms with van der Waals surface area (Å²) in [5.41, 5.74) is 1.24. The second kappa shape index (κ2) is 10.2. The molecule has 2 rings (SSSR count). The standard InChI is InChI=1S/C19H17F4NO4/c1-26-16-10-12(4-8-15(16)28-19(22)23)5-9-17(25)24-11-13-2-6-14(7-3-13)27-18(20)21/h2-10,18-19H,11H2,1H3,(H,24,25)/b9-5+. The van der Waals surface area contributed by atoms with Gasteiger partial charge in [0, 0.05) is 12.6 Å². The maximum Gasteiger partial charge on any atom is 0.387 e. The second-order valence-electron chi connectivity index (χ2n) is 5.36. The van der Waals surface area contributed by atoms with E-state index in [9.17, 15) is 22.4 Å². The van der Waals surface area contributed by atoms with Gasteiger partial charge in [0.2, 0.25) is 5.91 Å². The topological polar surface area (TPSA) is 56.8 Å². The monoisotopic (exact) mass is 399 g/mol. The van der Waals surface area contributed by atoms with Gasteiger partial charge in [0.05, 0.1) is 7.11 Å². The van der Waals surface area contributed by atoms with Crippen LogP contribution in [-0.2, 0) is 11.3 Å². The molecule has 150 valence electrons. The van der Waals surface area contributed by atoms with Gasteiger partial charge in [-0.1, -0.05) is 18.2 Å². The van der Waals surface area contributed by atoms with Crippen molar-refractivity contribution in [1.82, 2.24) is 5.32 Å². The average molecular weight is 399 g/mol. The van der Waals surface area contributed by atoms with Crippen LogP contribution in [0.1, 0.15) is 11.1 Å². The fourth-order valence-corrected chi connectivity index (χ4v) is 2.19. The van der Waals surface area contributed by atoms with Crippen molar-refractivity contribution >= 4 is 12.0 Å². The van der Waals surface area contributed by atoms with Crippen molar-refractivity contribution in [3.63, 3.8) is 0 Å². The van der Waals surface area contributed by atoms with Gasteiger partial charge >= 0.3 is 13.2 Å². The third-order valence-electron chi connectivity index (χ3n) is 3.45. The van der Waals surface area contributed by atoms with E-state index in [0.29, 0.717) is 11.1 Å². The smallest absolute Gasteiger partial charge is 0.387 e. The van der Waals surface area contributed by atoms with Crippen LogP contribution in [0.25, 0.3) is 6.08 Å². The van der Waals surface area contributed by atoms with Gasteiger partial charge in [-0.3, -0.25) is 4.79 Å². The van der Waals surface area contributed by atoms with E-state index in [1.165, 1.54) is 49.6 Å². The molecule has 0 saturated heterocycles. The molecule has 0 atom stereocenters. The summed E-state index contributed by atoms with van der Waals surface area (Å²) >= 11 is 0. The zero-order chi connectivity index (χ0) is 20.5. The fraction of sp³-hybridized carbons (Fsp3) is 0.211. The summed E-state index contributed by atoms with van der Waals surface area (Å²) in [5, 5.41) is 2.63. The molecule has 0 radical (unpaired) electrons. The van der Waals surface area contributed by atoms with Crippen molar-refractivity contribution in [2.45, 2.75) is 19.8 Å². The molecule has 1 N–H and O–H groups in total. The predicted octanol–water partition coefficient (Wildman–Crippen LogP) is 4.23. The van der Waals surface area contributed by atoms with Crippen LogP contribution in [-0.4, -0.2) is 26.2 Å². The molecule has 5 nitrogen and oxygen atoms in total. The summed E-state index contributed by atoms with van der Waals surface area (Å²) in [4.78, 5) is 11.9. The van der Waals surface area contributed by atoms with Gasteiger partial charge in [-0.2, -0.15) is 17.6 Å². The van der Waals surface area contributed by atoms with E-state index in [2.05, 4.69) is 14.8 Å². The largest absolute Gasteiger partial charge is 0.493 e. The van der Waals surface area contributed by atoms with E-state index in [4.69, 9.17) is 4.74 Å². The minimum Gasteiger partial charge on any atom is -0.493 e. The number of methoxy groups -OCH3 is 1. The number of rotatable bonds is 9. The van der Waals surface area contributed by atoms with Crippen LogP contribution in [0.15, 0.2) is 48.5 Å². The zero-order valence-corrected chi connectivity index (χ0v) is 14.7. The van der Waals surface area contributed by atoms with Crippen LogP contribution in [0.3, 0.4) is 0 Å². The highest BCUT2D eigenvalue weighted by Crippen LogP contribution is 2.29. The van der Waals surface area contributed by atoms with Gasteiger partial charge in [-0.15, -0.1) is 0 Å². The third-order valence-corrected chi connectivity index (χ3v) is 3.45. The third kappa shape index (κ3) is 6.82. The first-order chi connectivity index (χ1) is 13.4. The minimum absolute atomic E-state index is 0.0261. The van der Waals surface area contributed by atoms with Gasteiger partial charge in [0.25, 0.3) is 0 Å². The summed E-state index contributed by atoms with van der Waals surface area (Å²) in [7, 11) is 1.31. The summed E-state index contributed by atoms with van der Waals surface area (Å²) in [6, 6.07) is 10.1. The van der Waals surface area contributed by atoms with Crippen molar-refractivity contribution in [3.8, 4) is 17.2 Å². The molecule has 0 aliphatic heterocycles. The highest BCUT2D eigenvalue weighted by Gasteiger charge is 2.10. The van der Waals surface area contributed by atoms with E-state index in [1.54, 1.807) is 12.1 Å². The Morgan fingerprint density at radius 3 is 2.29 bits per heavy atom. The zero-order valence-electron chi connectivity index (χ0n) is 14.7. The molecule has 0 aliphatic rings. The van der Waals surface area contributed by atoms with Crippen molar-refractivity contribution in [2.24, 2.45) is 0 Å².